The lowest BCUT2D eigenvalue weighted by Gasteiger charge is -2.18. The molecule has 1 aromatic rings. The van der Waals surface area contributed by atoms with Crippen LogP contribution in [0.3, 0.4) is 0 Å². The van der Waals surface area contributed by atoms with Crippen LogP contribution in [0, 0.1) is 5.92 Å². The number of nitrogen functional groups attached to an aromatic ring is 1. The van der Waals surface area contributed by atoms with Gasteiger partial charge in [0.2, 0.25) is 11.7 Å². The highest BCUT2D eigenvalue weighted by Gasteiger charge is 2.35. The minimum absolute atomic E-state index is 0.142. The van der Waals surface area contributed by atoms with Crippen LogP contribution in [0.15, 0.2) is 6.07 Å². The Morgan fingerprint density at radius 3 is 2.33 bits per heavy atom. The Balaban J connectivity index is 3.05. The molecular weight excluding hydrogens is 249 g/mol. The van der Waals surface area contributed by atoms with Gasteiger partial charge in [-0.15, -0.1) is 0 Å². The van der Waals surface area contributed by atoms with E-state index < -0.39 is 12.0 Å². The number of anilines is 1. The van der Waals surface area contributed by atoms with E-state index in [0.29, 0.717) is 0 Å². The van der Waals surface area contributed by atoms with Crippen molar-refractivity contribution in [3.05, 3.63) is 11.9 Å². The molecule has 0 aliphatic carbocycles. The molecule has 0 fully saturated rings. The van der Waals surface area contributed by atoms with E-state index in [2.05, 4.69) is 15.4 Å². The van der Waals surface area contributed by atoms with Crippen LogP contribution in [0.25, 0.3) is 0 Å². The number of nitrogens with one attached hydrogen (secondary N) is 1. The first-order chi connectivity index (χ1) is 8.24. The van der Waals surface area contributed by atoms with Gasteiger partial charge < -0.3 is 10.2 Å². The molecule has 0 aliphatic heterocycles. The smallest absolute Gasteiger partial charge is 0.451 e. The predicted octanol–water partition coefficient (Wildman–Crippen LogP) is 2.20. The molecule has 102 valence electrons. The lowest BCUT2D eigenvalue weighted by Crippen LogP contribution is -2.21. The van der Waals surface area contributed by atoms with Gasteiger partial charge in [0.15, 0.2) is 0 Å². The van der Waals surface area contributed by atoms with Crippen molar-refractivity contribution >= 4 is 5.82 Å². The molecule has 0 bridgehead atoms. The summed E-state index contributed by atoms with van der Waals surface area (Å²) < 4.78 is 42.9. The van der Waals surface area contributed by atoms with E-state index in [1.807, 2.05) is 13.8 Å². The maximum Gasteiger partial charge on any atom is 0.451 e. The van der Waals surface area contributed by atoms with Crippen LogP contribution in [0.5, 0.6) is 5.88 Å². The Labute approximate surface area is 103 Å². The Hall–Kier alpha value is -1.57. The molecule has 18 heavy (non-hydrogen) atoms. The van der Waals surface area contributed by atoms with Crippen molar-refractivity contribution in [2.24, 2.45) is 11.8 Å². The molecule has 8 heteroatoms. The Morgan fingerprint density at radius 1 is 1.28 bits per heavy atom. The van der Waals surface area contributed by atoms with Crippen LogP contribution in [0.2, 0.25) is 0 Å². The van der Waals surface area contributed by atoms with Gasteiger partial charge >= 0.3 is 6.18 Å². The molecule has 1 aromatic heterocycles. The molecule has 0 saturated carbocycles. The molecule has 1 atom stereocenters. The molecule has 0 spiro atoms. The molecule has 0 saturated heterocycles. The number of rotatable bonds is 4. The fraction of sp³-hybridized carbons (Fsp3) is 0.600. The van der Waals surface area contributed by atoms with Crippen LogP contribution >= 0.6 is 0 Å². The van der Waals surface area contributed by atoms with Gasteiger partial charge in [0.1, 0.15) is 5.82 Å². The average molecular weight is 264 g/mol. The van der Waals surface area contributed by atoms with Crippen LogP contribution in [-0.4, -0.2) is 16.1 Å². The summed E-state index contributed by atoms with van der Waals surface area (Å²) in [4.78, 5) is 6.54. The molecule has 0 radical (unpaired) electrons. The molecule has 3 N–H and O–H groups in total. The van der Waals surface area contributed by atoms with Gasteiger partial charge in [-0.1, -0.05) is 13.8 Å². The molecule has 0 aliphatic rings. The SMILES string of the molecule is CC(C)C(C)Oc1cc(NN)nc(C(F)(F)F)n1. The molecule has 1 rings (SSSR count). The summed E-state index contributed by atoms with van der Waals surface area (Å²) in [6.45, 7) is 5.52. The van der Waals surface area contributed by atoms with Crippen LogP contribution in [0.4, 0.5) is 19.0 Å². The van der Waals surface area contributed by atoms with Crippen LogP contribution in [-0.2, 0) is 6.18 Å². The third kappa shape index (κ3) is 3.73. The number of hydrogen-bond donors (Lipinski definition) is 2. The van der Waals surface area contributed by atoms with Gasteiger partial charge in [-0.3, -0.25) is 0 Å². The van der Waals surface area contributed by atoms with Crippen molar-refractivity contribution in [3.8, 4) is 5.88 Å². The minimum atomic E-state index is -4.65. The fourth-order valence-electron chi connectivity index (χ4n) is 1.01. The minimum Gasteiger partial charge on any atom is -0.474 e. The second kappa shape index (κ2) is 5.38. The first kappa shape index (κ1) is 14.5. The number of nitrogens with two attached hydrogens (primary N) is 1. The number of alkyl halides is 3. The summed E-state index contributed by atoms with van der Waals surface area (Å²) in [5, 5.41) is 0. The Bertz CT molecular complexity index is 409. The van der Waals surface area contributed by atoms with Gasteiger partial charge in [0.25, 0.3) is 0 Å². The van der Waals surface area contributed by atoms with E-state index in [4.69, 9.17) is 10.6 Å². The van der Waals surface area contributed by atoms with Gasteiger partial charge in [-0.2, -0.15) is 18.2 Å². The highest BCUT2D eigenvalue weighted by molar-refractivity contribution is 5.37. The van der Waals surface area contributed by atoms with Crippen molar-refractivity contribution in [1.82, 2.24) is 9.97 Å². The summed E-state index contributed by atoms with van der Waals surface area (Å²) in [7, 11) is 0. The predicted molar refractivity (Wildman–Crippen MR) is 59.8 cm³/mol. The summed E-state index contributed by atoms with van der Waals surface area (Å²) in [5.41, 5.74) is 2.05. The Morgan fingerprint density at radius 2 is 1.89 bits per heavy atom. The third-order valence-electron chi connectivity index (χ3n) is 2.35. The first-order valence-corrected chi connectivity index (χ1v) is 5.33. The van der Waals surface area contributed by atoms with Gasteiger partial charge in [-0.25, -0.2) is 10.8 Å². The monoisotopic (exact) mass is 264 g/mol. The summed E-state index contributed by atoms with van der Waals surface area (Å²) >= 11 is 0. The van der Waals surface area contributed by atoms with E-state index in [9.17, 15) is 13.2 Å². The number of aromatic nitrogens is 2. The van der Waals surface area contributed by atoms with Crippen molar-refractivity contribution in [2.45, 2.75) is 33.1 Å². The number of ether oxygens (including phenoxy) is 1. The molecule has 0 aromatic carbocycles. The van der Waals surface area contributed by atoms with E-state index in [0.717, 1.165) is 0 Å². The maximum absolute atomic E-state index is 12.5. The highest BCUT2D eigenvalue weighted by atomic mass is 19.4. The number of halogens is 3. The van der Waals surface area contributed by atoms with E-state index in [1.165, 1.54) is 6.07 Å². The van der Waals surface area contributed by atoms with Crippen LogP contribution < -0.4 is 16.0 Å². The first-order valence-electron chi connectivity index (χ1n) is 5.33. The topological polar surface area (TPSA) is 73.1 Å². The lowest BCUT2D eigenvalue weighted by molar-refractivity contribution is -0.145. The quantitative estimate of drug-likeness (QED) is 0.644. The van der Waals surface area contributed by atoms with Gasteiger partial charge in [-0.05, 0) is 12.8 Å². The number of hydrazine groups is 1. The zero-order valence-electron chi connectivity index (χ0n) is 10.2. The fourth-order valence-corrected chi connectivity index (χ4v) is 1.01. The maximum atomic E-state index is 12.5. The van der Waals surface area contributed by atoms with Crippen molar-refractivity contribution in [3.63, 3.8) is 0 Å². The average Bonchev–Trinajstić information content (AvgIpc) is 2.27. The summed E-state index contributed by atoms with van der Waals surface area (Å²) in [5.74, 6) is 3.60. The Kier molecular flexibility index (Phi) is 4.33. The van der Waals surface area contributed by atoms with Crippen LogP contribution in [0.1, 0.15) is 26.6 Å². The standard InChI is InChI=1S/C10H15F3N4O/c1-5(2)6(3)18-8-4-7(17-14)15-9(16-8)10(11,12)13/h4-6H,14H2,1-3H3,(H,15,16,17). The molecule has 5 nitrogen and oxygen atoms in total. The lowest BCUT2D eigenvalue weighted by atomic mass is 10.1. The molecule has 1 heterocycles. The zero-order valence-corrected chi connectivity index (χ0v) is 10.2. The normalized spacial score (nSPS) is 13.6. The second-order valence-electron chi connectivity index (χ2n) is 4.12. The zero-order chi connectivity index (χ0) is 13.9. The number of hydrogen-bond acceptors (Lipinski definition) is 5. The largest absolute Gasteiger partial charge is 0.474 e. The second-order valence-corrected chi connectivity index (χ2v) is 4.12. The van der Waals surface area contributed by atoms with Gasteiger partial charge in [0, 0.05) is 6.07 Å². The highest BCUT2D eigenvalue weighted by Crippen LogP contribution is 2.29. The summed E-state index contributed by atoms with van der Waals surface area (Å²) in [6, 6.07) is 1.22. The molecular formula is C10H15F3N4O. The van der Waals surface area contributed by atoms with Crippen molar-refractivity contribution in [2.75, 3.05) is 5.43 Å². The van der Waals surface area contributed by atoms with Crippen molar-refractivity contribution < 1.29 is 17.9 Å². The van der Waals surface area contributed by atoms with E-state index in [1.54, 1.807) is 6.92 Å². The molecule has 1 unspecified atom stereocenters. The number of nitrogens with zero attached hydrogens (tertiary/aromatic N) is 2. The van der Waals surface area contributed by atoms with E-state index >= 15 is 0 Å². The summed E-state index contributed by atoms with van der Waals surface area (Å²) in [6.07, 6.45) is -4.92. The molecule has 0 amide bonds. The van der Waals surface area contributed by atoms with Gasteiger partial charge in [0.05, 0.1) is 6.10 Å². The third-order valence-corrected chi connectivity index (χ3v) is 2.35. The van der Waals surface area contributed by atoms with Crippen molar-refractivity contribution in [1.29, 1.82) is 0 Å². The van der Waals surface area contributed by atoms with E-state index in [-0.39, 0.29) is 23.7 Å².